The number of hydrogen-bond donors (Lipinski definition) is 2. The Hall–Kier alpha value is -1.59. The number of rotatable bonds is 9. The van der Waals surface area contributed by atoms with E-state index >= 15 is 0 Å². The zero-order valence-corrected chi connectivity index (χ0v) is 12.4. The Morgan fingerprint density at radius 1 is 1.45 bits per heavy atom. The van der Waals surface area contributed by atoms with Gasteiger partial charge >= 0.3 is 0 Å². The first kappa shape index (κ1) is 16.5. The third-order valence-electron chi connectivity index (χ3n) is 3.04. The molecule has 0 radical (unpaired) electrons. The third kappa shape index (κ3) is 4.83. The molecule has 5 heteroatoms. The first-order valence-electron chi connectivity index (χ1n) is 6.84. The smallest absolute Gasteiger partial charge is 0.258 e. The number of nitrogens with one attached hydrogen (secondary N) is 1. The number of carbonyl (C=O) groups excluding carboxylic acids is 1. The largest absolute Gasteiger partial charge is 0.480 e. The molecule has 0 saturated carbocycles. The Balaban J connectivity index is 2.79. The van der Waals surface area contributed by atoms with E-state index in [0.29, 0.717) is 19.6 Å². The lowest BCUT2D eigenvalue weighted by molar-refractivity contribution is -0.124. The molecule has 0 aromatic heterocycles. The highest BCUT2D eigenvalue weighted by molar-refractivity contribution is 5.79. The normalized spacial score (nSPS) is 12.2. The van der Waals surface area contributed by atoms with Crippen LogP contribution in [0.4, 0.5) is 0 Å². The van der Waals surface area contributed by atoms with Crippen molar-refractivity contribution in [2.75, 3.05) is 20.3 Å². The molecule has 0 aliphatic carbocycles. The molecule has 0 heterocycles. The zero-order valence-electron chi connectivity index (χ0n) is 12.4. The summed E-state index contributed by atoms with van der Waals surface area (Å²) in [5.41, 5.74) is 7.35. The van der Waals surface area contributed by atoms with E-state index in [9.17, 15) is 4.79 Å². The van der Waals surface area contributed by atoms with Gasteiger partial charge in [0.1, 0.15) is 5.75 Å². The molecule has 1 aromatic rings. The molecule has 20 heavy (non-hydrogen) atoms. The van der Waals surface area contributed by atoms with Crippen molar-refractivity contribution in [3.63, 3.8) is 0 Å². The van der Waals surface area contributed by atoms with Crippen molar-refractivity contribution in [3.8, 4) is 5.75 Å². The average molecular weight is 280 g/mol. The number of benzene rings is 1. The van der Waals surface area contributed by atoms with Crippen molar-refractivity contribution in [1.82, 2.24) is 5.32 Å². The second-order valence-corrected chi connectivity index (χ2v) is 4.65. The second-order valence-electron chi connectivity index (χ2n) is 4.65. The van der Waals surface area contributed by atoms with Gasteiger partial charge in [0.05, 0.1) is 6.61 Å². The molecule has 0 fully saturated rings. The number of para-hydroxylation sites is 1. The number of carbonyl (C=O) groups is 1. The van der Waals surface area contributed by atoms with Gasteiger partial charge in [-0.2, -0.15) is 0 Å². The molecule has 0 aliphatic rings. The molecule has 0 spiro atoms. The standard InChI is InChI=1S/C15H24N2O3/c1-4-13(15(16)18)20-14-11(2)6-5-7-12(14)10-17-8-9-19-3/h5-7,13,17H,4,8-10H2,1-3H3,(H2,16,18). The monoisotopic (exact) mass is 280 g/mol. The minimum atomic E-state index is -0.589. The molecular weight excluding hydrogens is 256 g/mol. The summed E-state index contributed by atoms with van der Waals surface area (Å²) in [7, 11) is 1.67. The Morgan fingerprint density at radius 3 is 2.80 bits per heavy atom. The van der Waals surface area contributed by atoms with Crippen molar-refractivity contribution in [3.05, 3.63) is 29.3 Å². The van der Waals surface area contributed by atoms with E-state index in [1.54, 1.807) is 7.11 Å². The Bertz CT molecular complexity index is 435. The van der Waals surface area contributed by atoms with Crippen molar-refractivity contribution in [1.29, 1.82) is 0 Å². The van der Waals surface area contributed by atoms with Gasteiger partial charge in [-0.1, -0.05) is 25.1 Å². The van der Waals surface area contributed by atoms with Gasteiger partial charge in [-0.15, -0.1) is 0 Å². The zero-order chi connectivity index (χ0) is 15.0. The summed E-state index contributed by atoms with van der Waals surface area (Å²) in [5, 5.41) is 3.27. The van der Waals surface area contributed by atoms with E-state index in [4.69, 9.17) is 15.2 Å². The van der Waals surface area contributed by atoms with Gasteiger partial charge in [-0.25, -0.2) is 0 Å². The van der Waals surface area contributed by atoms with E-state index in [2.05, 4.69) is 5.32 Å². The third-order valence-corrected chi connectivity index (χ3v) is 3.04. The molecule has 0 saturated heterocycles. The summed E-state index contributed by atoms with van der Waals surface area (Å²) in [6, 6.07) is 5.91. The van der Waals surface area contributed by atoms with Gasteiger partial charge in [0.25, 0.3) is 5.91 Å². The average Bonchev–Trinajstić information content (AvgIpc) is 2.42. The number of aryl methyl sites for hydroxylation is 1. The van der Waals surface area contributed by atoms with Crippen LogP contribution < -0.4 is 15.8 Å². The summed E-state index contributed by atoms with van der Waals surface area (Å²) >= 11 is 0. The van der Waals surface area contributed by atoms with Gasteiger partial charge < -0.3 is 20.5 Å². The highest BCUT2D eigenvalue weighted by Gasteiger charge is 2.17. The fourth-order valence-electron chi connectivity index (χ4n) is 1.90. The van der Waals surface area contributed by atoms with E-state index in [1.807, 2.05) is 32.0 Å². The molecule has 1 atom stereocenters. The van der Waals surface area contributed by atoms with Crippen LogP contribution in [0.1, 0.15) is 24.5 Å². The Kier molecular flexibility index (Phi) is 7.04. The maximum absolute atomic E-state index is 11.3. The molecule has 0 aliphatic heterocycles. The van der Waals surface area contributed by atoms with E-state index in [-0.39, 0.29) is 0 Å². The lowest BCUT2D eigenvalue weighted by Crippen LogP contribution is -2.33. The number of nitrogens with two attached hydrogens (primary N) is 1. The first-order chi connectivity index (χ1) is 9.60. The van der Waals surface area contributed by atoms with Crippen LogP contribution in [-0.4, -0.2) is 32.3 Å². The molecular formula is C15H24N2O3. The summed E-state index contributed by atoms with van der Waals surface area (Å²) in [6.07, 6.45) is -0.0333. The Morgan fingerprint density at radius 2 is 2.20 bits per heavy atom. The minimum Gasteiger partial charge on any atom is -0.480 e. The minimum absolute atomic E-state index is 0.436. The van der Waals surface area contributed by atoms with Gasteiger partial charge in [0, 0.05) is 25.8 Å². The summed E-state index contributed by atoms with van der Waals surface area (Å²) in [4.78, 5) is 11.3. The molecule has 1 rings (SSSR count). The lowest BCUT2D eigenvalue weighted by Gasteiger charge is -2.19. The molecule has 1 unspecified atom stereocenters. The van der Waals surface area contributed by atoms with Crippen LogP contribution in [-0.2, 0) is 16.1 Å². The molecule has 5 nitrogen and oxygen atoms in total. The van der Waals surface area contributed by atoms with Crippen LogP contribution in [0.5, 0.6) is 5.75 Å². The highest BCUT2D eigenvalue weighted by atomic mass is 16.5. The van der Waals surface area contributed by atoms with Crippen LogP contribution in [0.25, 0.3) is 0 Å². The molecule has 1 aromatic carbocycles. The second kappa shape index (κ2) is 8.55. The SMILES string of the molecule is CCC(Oc1c(C)cccc1CNCCOC)C(N)=O. The molecule has 1 amide bonds. The number of primary amides is 1. The number of methoxy groups -OCH3 is 1. The highest BCUT2D eigenvalue weighted by Crippen LogP contribution is 2.25. The van der Waals surface area contributed by atoms with Gasteiger partial charge in [0.2, 0.25) is 0 Å². The number of amides is 1. The van der Waals surface area contributed by atoms with Gasteiger partial charge in [0.15, 0.2) is 6.10 Å². The van der Waals surface area contributed by atoms with Crippen LogP contribution in [0.15, 0.2) is 18.2 Å². The van der Waals surface area contributed by atoms with Gasteiger partial charge in [-0.3, -0.25) is 4.79 Å². The maximum atomic E-state index is 11.3. The van der Waals surface area contributed by atoms with Crippen molar-refractivity contribution in [2.45, 2.75) is 32.9 Å². The van der Waals surface area contributed by atoms with Crippen LogP contribution in [0.2, 0.25) is 0 Å². The van der Waals surface area contributed by atoms with Crippen LogP contribution >= 0.6 is 0 Å². The van der Waals surface area contributed by atoms with E-state index in [0.717, 1.165) is 23.4 Å². The molecule has 0 bridgehead atoms. The van der Waals surface area contributed by atoms with E-state index in [1.165, 1.54) is 0 Å². The van der Waals surface area contributed by atoms with Crippen LogP contribution in [0, 0.1) is 6.92 Å². The lowest BCUT2D eigenvalue weighted by atomic mass is 10.1. The van der Waals surface area contributed by atoms with Crippen molar-refractivity contribution < 1.29 is 14.3 Å². The van der Waals surface area contributed by atoms with E-state index < -0.39 is 12.0 Å². The summed E-state index contributed by atoms with van der Waals surface area (Å²) in [6.45, 7) is 5.92. The molecule has 112 valence electrons. The topological polar surface area (TPSA) is 73.6 Å². The quantitative estimate of drug-likeness (QED) is 0.670. The Labute approximate surface area is 120 Å². The summed E-state index contributed by atoms with van der Waals surface area (Å²) < 4.78 is 10.8. The van der Waals surface area contributed by atoms with Crippen LogP contribution in [0.3, 0.4) is 0 Å². The summed E-state index contributed by atoms with van der Waals surface area (Å²) in [5.74, 6) is 0.303. The van der Waals surface area contributed by atoms with Crippen molar-refractivity contribution in [2.24, 2.45) is 5.73 Å². The predicted octanol–water partition coefficient (Wildman–Crippen LogP) is 1.37. The van der Waals surface area contributed by atoms with Crippen molar-refractivity contribution >= 4 is 5.91 Å². The molecule has 3 N–H and O–H groups in total. The maximum Gasteiger partial charge on any atom is 0.258 e. The van der Waals surface area contributed by atoms with Gasteiger partial charge in [-0.05, 0) is 18.9 Å². The number of ether oxygens (including phenoxy) is 2. The predicted molar refractivity (Wildman–Crippen MR) is 78.7 cm³/mol. The fourth-order valence-corrected chi connectivity index (χ4v) is 1.90. The number of hydrogen-bond acceptors (Lipinski definition) is 4. The first-order valence-corrected chi connectivity index (χ1v) is 6.84. The fraction of sp³-hybridized carbons (Fsp3) is 0.533.